The van der Waals surface area contributed by atoms with Gasteiger partial charge in [0.2, 0.25) is 0 Å². The van der Waals surface area contributed by atoms with Gasteiger partial charge >= 0.3 is 0 Å². The molecule has 0 aliphatic rings. The summed E-state index contributed by atoms with van der Waals surface area (Å²) in [6.07, 6.45) is 3.32. The average Bonchev–Trinajstić information content (AvgIpc) is 2.25. The SMILES string of the molecule is CSCCCNc1ccccc1C(C)Cl. The summed E-state index contributed by atoms with van der Waals surface area (Å²) in [4.78, 5) is 0. The van der Waals surface area contributed by atoms with Gasteiger partial charge in [0, 0.05) is 12.2 Å². The number of thioether (sulfide) groups is 1. The molecule has 15 heavy (non-hydrogen) atoms. The summed E-state index contributed by atoms with van der Waals surface area (Å²) < 4.78 is 0. The van der Waals surface area contributed by atoms with Gasteiger partial charge in [0.25, 0.3) is 0 Å². The molecule has 1 aromatic carbocycles. The molecule has 84 valence electrons. The fraction of sp³-hybridized carbons (Fsp3) is 0.500. The lowest BCUT2D eigenvalue weighted by Crippen LogP contribution is -2.05. The highest BCUT2D eigenvalue weighted by Gasteiger charge is 2.05. The van der Waals surface area contributed by atoms with Gasteiger partial charge in [-0.05, 0) is 37.0 Å². The Morgan fingerprint density at radius 1 is 1.40 bits per heavy atom. The van der Waals surface area contributed by atoms with Gasteiger partial charge in [0.15, 0.2) is 0 Å². The van der Waals surface area contributed by atoms with E-state index in [0.717, 1.165) is 6.54 Å². The van der Waals surface area contributed by atoms with Gasteiger partial charge in [-0.2, -0.15) is 11.8 Å². The van der Waals surface area contributed by atoms with E-state index in [1.54, 1.807) is 0 Å². The van der Waals surface area contributed by atoms with Crippen LogP contribution in [0, 0.1) is 0 Å². The zero-order valence-electron chi connectivity index (χ0n) is 9.29. The van der Waals surface area contributed by atoms with Crippen LogP contribution in [0.5, 0.6) is 0 Å². The molecule has 0 saturated carbocycles. The number of hydrogen-bond donors (Lipinski definition) is 1. The fourth-order valence-corrected chi connectivity index (χ4v) is 2.07. The highest BCUT2D eigenvalue weighted by atomic mass is 35.5. The maximum Gasteiger partial charge on any atom is 0.0577 e. The Morgan fingerprint density at radius 2 is 2.13 bits per heavy atom. The van der Waals surface area contributed by atoms with Crippen LogP contribution >= 0.6 is 23.4 Å². The van der Waals surface area contributed by atoms with Crippen molar-refractivity contribution in [1.29, 1.82) is 0 Å². The van der Waals surface area contributed by atoms with E-state index < -0.39 is 0 Å². The number of nitrogens with one attached hydrogen (secondary N) is 1. The fourth-order valence-electron chi connectivity index (χ4n) is 1.44. The first kappa shape index (κ1) is 12.7. The van der Waals surface area contributed by atoms with Gasteiger partial charge < -0.3 is 5.32 Å². The molecule has 0 aromatic heterocycles. The maximum atomic E-state index is 6.10. The van der Waals surface area contributed by atoms with Crippen LogP contribution in [0.25, 0.3) is 0 Å². The van der Waals surface area contributed by atoms with Crippen LogP contribution in [0.4, 0.5) is 5.69 Å². The molecule has 0 aliphatic heterocycles. The Bertz CT molecular complexity index is 289. The minimum atomic E-state index is 0.0641. The molecule has 1 nitrogen and oxygen atoms in total. The van der Waals surface area contributed by atoms with Gasteiger partial charge in [0.05, 0.1) is 5.38 Å². The number of alkyl halides is 1. The number of para-hydroxylation sites is 1. The van der Waals surface area contributed by atoms with E-state index in [1.807, 2.05) is 30.8 Å². The summed E-state index contributed by atoms with van der Waals surface area (Å²) in [5, 5.41) is 3.50. The summed E-state index contributed by atoms with van der Waals surface area (Å²) in [5.41, 5.74) is 2.35. The molecule has 1 rings (SSSR count). The first-order valence-electron chi connectivity index (χ1n) is 5.21. The topological polar surface area (TPSA) is 12.0 Å². The lowest BCUT2D eigenvalue weighted by Gasteiger charge is -2.13. The van der Waals surface area contributed by atoms with Crippen molar-refractivity contribution in [3.8, 4) is 0 Å². The average molecular weight is 244 g/mol. The number of hydrogen-bond acceptors (Lipinski definition) is 2. The highest BCUT2D eigenvalue weighted by Crippen LogP contribution is 2.26. The molecule has 0 radical (unpaired) electrons. The van der Waals surface area contributed by atoms with Gasteiger partial charge in [-0.1, -0.05) is 18.2 Å². The van der Waals surface area contributed by atoms with Gasteiger partial charge in [0.1, 0.15) is 0 Å². The molecular formula is C12H18ClNS. The van der Waals surface area contributed by atoms with Crippen LogP contribution in [0.2, 0.25) is 0 Å². The summed E-state index contributed by atoms with van der Waals surface area (Å²) in [5.74, 6) is 1.20. The van der Waals surface area contributed by atoms with Crippen molar-refractivity contribution in [2.75, 3.05) is 23.9 Å². The van der Waals surface area contributed by atoms with E-state index in [-0.39, 0.29) is 5.38 Å². The molecule has 0 spiro atoms. The Kier molecular flexibility index (Phi) is 5.96. The zero-order valence-corrected chi connectivity index (χ0v) is 10.9. The summed E-state index contributed by atoms with van der Waals surface area (Å²) in [6, 6.07) is 8.24. The summed E-state index contributed by atoms with van der Waals surface area (Å²) in [7, 11) is 0. The molecule has 1 N–H and O–H groups in total. The maximum absolute atomic E-state index is 6.10. The van der Waals surface area contributed by atoms with Crippen LogP contribution in [0.3, 0.4) is 0 Å². The third kappa shape index (κ3) is 4.35. The van der Waals surface area contributed by atoms with E-state index in [4.69, 9.17) is 11.6 Å². The van der Waals surface area contributed by atoms with Crippen LogP contribution in [0.1, 0.15) is 24.3 Å². The van der Waals surface area contributed by atoms with E-state index >= 15 is 0 Å². The Balaban J connectivity index is 2.52. The molecule has 0 bridgehead atoms. The van der Waals surface area contributed by atoms with Crippen molar-refractivity contribution < 1.29 is 0 Å². The van der Waals surface area contributed by atoms with Crippen molar-refractivity contribution in [3.63, 3.8) is 0 Å². The summed E-state index contributed by atoms with van der Waals surface area (Å²) in [6.45, 7) is 3.02. The standard InChI is InChI=1S/C12H18ClNS/c1-10(13)11-6-3-4-7-12(11)14-8-5-9-15-2/h3-4,6-7,10,14H,5,8-9H2,1-2H3. The van der Waals surface area contributed by atoms with Gasteiger partial charge in [-0.15, -0.1) is 11.6 Å². The molecule has 0 amide bonds. The molecule has 0 fully saturated rings. The largest absolute Gasteiger partial charge is 0.385 e. The number of halogens is 1. The third-order valence-corrected chi connectivity index (χ3v) is 3.16. The normalized spacial score (nSPS) is 12.5. The van der Waals surface area contributed by atoms with E-state index in [0.29, 0.717) is 0 Å². The van der Waals surface area contributed by atoms with E-state index in [9.17, 15) is 0 Å². The third-order valence-electron chi connectivity index (χ3n) is 2.23. The molecule has 0 saturated heterocycles. The minimum Gasteiger partial charge on any atom is -0.385 e. The van der Waals surface area contributed by atoms with E-state index in [2.05, 4.69) is 23.7 Å². The predicted octanol–water partition coefficient (Wildman–Crippen LogP) is 4.15. The van der Waals surface area contributed by atoms with Gasteiger partial charge in [-0.3, -0.25) is 0 Å². The van der Waals surface area contributed by atoms with Crippen molar-refractivity contribution in [1.82, 2.24) is 0 Å². The summed E-state index contributed by atoms with van der Waals surface area (Å²) >= 11 is 7.99. The molecule has 0 heterocycles. The second-order valence-corrected chi connectivity index (χ2v) is 5.12. The highest BCUT2D eigenvalue weighted by molar-refractivity contribution is 7.98. The first-order valence-corrected chi connectivity index (χ1v) is 7.04. The number of anilines is 1. The molecule has 0 aliphatic carbocycles. The van der Waals surface area contributed by atoms with Crippen molar-refractivity contribution in [2.24, 2.45) is 0 Å². The molecule has 3 heteroatoms. The van der Waals surface area contributed by atoms with Crippen LogP contribution < -0.4 is 5.32 Å². The first-order chi connectivity index (χ1) is 7.25. The zero-order chi connectivity index (χ0) is 11.1. The van der Waals surface area contributed by atoms with Crippen molar-refractivity contribution in [3.05, 3.63) is 29.8 Å². The van der Waals surface area contributed by atoms with Crippen LogP contribution in [-0.4, -0.2) is 18.6 Å². The second kappa shape index (κ2) is 7.02. The van der Waals surface area contributed by atoms with E-state index in [1.165, 1.54) is 23.4 Å². The van der Waals surface area contributed by atoms with Crippen molar-refractivity contribution >= 4 is 29.1 Å². The lowest BCUT2D eigenvalue weighted by molar-refractivity contribution is 0.981. The molecule has 1 aromatic rings. The number of rotatable bonds is 6. The minimum absolute atomic E-state index is 0.0641. The molecular weight excluding hydrogens is 226 g/mol. The Labute approximate surface area is 102 Å². The van der Waals surface area contributed by atoms with Crippen molar-refractivity contribution in [2.45, 2.75) is 18.7 Å². The monoisotopic (exact) mass is 243 g/mol. The predicted molar refractivity (Wildman–Crippen MR) is 72.2 cm³/mol. The quantitative estimate of drug-likeness (QED) is 0.595. The second-order valence-electron chi connectivity index (χ2n) is 3.48. The Morgan fingerprint density at radius 3 is 2.80 bits per heavy atom. The lowest BCUT2D eigenvalue weighted by atomic mass is 10.1. The van der Waals surface area contributed by atoms with Crippen LogP contribution in [0.15, 0.2) is 24.3 Å². The Hall–Kier alpha value is -0.340. The smallest absolute Gasteiger partial charge is 0.0577 e. The number of benzene rings is 1. The van der Waals surface area contributed by atoms with Gasteiger partial charge in [-0.25, -0.2) is 0 Å². The molecule has 1 unspecified atom stereocenters. The molecule has 1 atom stereocenters. The van der Waals surface area contributed by atoms with Crippen LogP contribution in [-0.2, 0) is 0 Å².